The second kappa shape index (κ2) is 6.44. The zero-order valence-corrected chi connectivity index (χ0v) is 14.5. The summed E-state index contributed by atoms with van der Waals surface area (Å²) >= 11 is 0. The van der Waals surface area contributed by atoms with E-state index in [1.54, 1.807) is 20.9 Å². The van der Waals surface area contributed by atoms with Crippen LogP contribution < -0.4 is 4.72 Å². The van der Waals surface area contributed by atoms with Crippen molar-refractivity contribution in [3.05, 3.63) is 46.8 Å². The van der Waals surface area contributed by atoms with Gasteiger partial charge in [0.1, 0.15) is 4.90 Å². The number of carbonyl (C=O) groups is 2. The van der Waals surface area contributed by atoms with E-state index >= 15 is 0 Å². The standard InChI is InChI=1S/C15H17N3O5S/c1-9-13(10(2)18(3)16-9)24(21,22)17-14(19)11-6-5-7-12(8-11)15(20)23-4/h5-8H,1-4H3,(H,17,19). The summed E-state index contributed by atoms with van der Waals surface area (Å²) in [6.45, 7) is 3.14. The van der Waals surface area contributed by atoms with E-state index in [9.17, 15) is 18.0 Å². The molecule has 0 aliphatic carbocycles. The molecule has 0 bridgehead atoms. The van der Waals surface area contributed by atoms with Crippen LogP contribution in [0, 0.1) is 13.8 Å². The van der Waals surface area contributed by atoms with Gasteiger partial charge in [-0.2, -0.15) is 5.10 Å². The quantitative estimate of drug-likeness (QED) is 0.822. The van der Waals surface area contributed by atoms with Gasteiger partial charge in [0, 0.05) is 12.6 Å². The Morgan fingerprint density at radius 3 is 2.38 bits per heavy atom. The number of carbonyl (C=O) groups excluding carboxylic acids is 2. The van der Waals surface area contributed by atoms with Crippen LogP contribution in [0.25, 0.3) is 0 Å². The van der Waals surface area contributed by atoms with Crippen molar-refractivity contribution in [2.75, 3.05) is 7.11 Å². The number of benzene rings is 1. The summed E-state index contributed by atoms with van der Waals surface area (Å²) in [5.74, 6) is -1.46. The van der Waals surface area contributed by atoms with Gasteiger partial charge < -0.3 is 4.74 Å². The molecule has 2 aromatic rings. The largest absolute Gasteiger partial charge is 0.465 e. The maximum absolute atomic E-state index is 12.5. The number of aryl methyl sites for hydroxylation is 2. The van der Waals surface area contributed by atoms with Gasteiger partial charge >= 0.3 is 5.97 Å². The van der Waals surface area contributed by atoms with Gasteiger partial charge in [0.2, 0.25) is 0 Å². The topological polar surface area (TPSA) is 107 Å². The van der Waals surface area contributed by atoms with Crippen LogP contribution in [0.1, 0.15) is 32.1 Å². The van der Waals surface area contributed by atoms with E-state index in [0.29, 0.717) is 11.4 Å². The van der Waals surface area contributed by atoms with Gasteiger partial charge in [-0.25, -0.2) is 17.9 Å². The molecule has 0 saturated carbocycles. The van der Waals surface area contributed by atoms with Crippen molar-refractivity contribution in [1.29, 1.82) is 0 Å². The van der Waals surface area contributed by atoms with Crippen LogP contribution in [0.15, 0.2) is 29.2 Å². The minimum atomic E-state index is -4.09. The minimum Gasteiger partial charge on any atom is -0.465 e. The van der Waals surface area contributed by atoms with Crippen molar-refractivity contribution in [2.45, 2.75) is 18.7 Å². The third-order valence-corrected chi connectivity index (χ3v) is 5.07. The van der Waals surface area contributed by atoms with Crippen LogP contribution in [0.4, 0.5) is 0 Å². The van der Waals surface area contributed by atoms with Crippen LogP contribution >= 0.6 is 0 Å². The minimum absolute atomic E-state index is 0.0284. The molecule has 128 valence electrons. The number of aromatic nitrogens is 2. The van der Waals surface area contributed by atoms with E-state index in [0.717, 1.165) is 0 Å². The fraction of sp³-hybridized carbons (Fsp3) is 0.267. The van der Waals surface area contributed by atoms with Gasteiger partial charge in [0.15, 0.2) is 0 Å². The molecule has 2 rings (SSSR count). The van der Waals surface area contributed by atoms with Gasteiger partial charge in [-0.05, 0) is 32.0 Å². The molecule has 0 saturated heterocycles. The summed E-state index contributed by atoms with van der Waals surface area (Å²) in [6, 6.07) is 5.60. The highest BCUT2D eigenvalue weighted by Gasteiger charge is 2.26. The van der Waals surface area contributed by atoms with Crippen LogP contribution in [0.2, 0.25) is 0 Å². The monoisotopic (exact) mass is 351 g/mol. The molecule has 0 atom stereocenters. The molecular weight excluding hydrogens is 334 g/mol. The Kier molecular flexibility index (Phi) is 4.74. The second-order valence-electron chi connectivity index (χ2n) is 5.13. The number of sulfonamides is 1. The summed E-state index contributed by atoms with van der Waals surface area (Å²) in [4.78, 5) is 23.7. The molecule has 0 fully saturated rings. The average molecular weight is 351 g/mol. The predicted molar refractivity (Wildman–Crippen MR) is 85.1 cm³/mol. The third-order valence-electron chi connectivity index (χ3n) is 3.48. The lowest BCUT2D eigenvalue weighted by Gasteiger charge is -2.08. The molecule has 1 heterocycles. The van der Waals surface area contributed by atoms with Crippen molar-refractivity contribution >= 4 is 21.9 Å². The van der Waals surface area contributed by atoms with E-state index in [-0.39, 0.29) is 16.0 Å². The first-order chi connectivity index (χ1) is 11.2. The normalized spacial score (nSPS) is 11.2. The summed E-state index contributed by atoms with van der Waals surface area (Å²) in [6.07, 6.45) is 0. The van der Waals surface area contributed by atoms with Gasteiger partial charge in [-0.15, -0.1) is 0 Å². The highest BCUT2D eigenvalue weighted by molar-refractivity contribution is 7.90. The van der Waals surface area contributed by atoms with E-state index in [1.807, 2.05) is 4.72 Å². The number of nitrogens with zero attached hydrogens (tertiary/aromatic N) is 2. The van der Waals surface area contributed by atoms with Gasteiger partial charge in [0.05, 0.1) is 24.1 Å². The zero-order chi connectivity index (χ0) is 18.1. The highest BCUT2D eigenvalue weighted by Crippen LogP contribution is 2.18. The van der Waals surface area contributed by atoms with Crippen LogP contribution in [-0.4, -0.2) is 37.2 Å². The molecule has 8 nitrogen and oxygen atoms in total. The van der Waals surface area contributed by atoms with Crippen molar-refractivity contribution in [3.63, 3.8) is 0 Å². The van der Waals surface area contributed by atoms with Crippen LogP contribution in [-0.2, 0) is 21.8 Å². The Balaban J connectivity index is 2.34. The summed E-state index contributed by atoms with van der Waals surface area (Å²) in [7, 11) is -1.26. The lowest BCUT2D eigenvalue weighted by molar-refractivity contribution is 0.0600. The Bertz CT molecular complexity index is 915. The lowest BCUT2D eigenvalue weighted by atomic mass is 10.1. The molecule has 1 aromatic carbocycles. The molecular formula is C15H17N3O5S. The molecule has 0 spiro atoms. The second-order valence-corrected chi connectivity index (χ2v) is 6.75. The number of methoxy groups -OCH3 is 1. The molecule has 24 heavy (non-hydrogen) atoms. The van der Waals surface area contributed by atoms with Crippen molar-refractivity contribution in [3.8, 4) is 0 Å². The first-order valence-electron chi connectivity index (χ1n) is 6.93. The molecule has 1 N–H and O–H groups in total. The van der Waals surface area contributed by atoms with E-state index in [4.69, 9.17) is 0 Å². The van der Waals surface area contributed by atoms with E-state index < -0.39 is 21.9 Å². The summed E-state index contributed by atoms with van der Waals surface area (Å²) < 4.78 is 32.9. The first-order valence-corrected chi connectivity index (χ1v) is 8.41. The Labute approximate surface area is 139 Å². The fourth-order valence-corrected chi connectivity index (χ4v) is 3.70. The maximum atomic E-state index is 12.5. The molecule has 1 aromatic heterocycles. The number of esters is 1. The third kappa shape index (κ3) is 3.30. The number of hydrogen-bond donors (Lipinski definition) is 1. The molecule has 1 amide bonds. The van der Waals surface area contributed by atoms with Crippen molar-refractivity contribution in [2.24, 2.45) is 7.05 Å². The number of nitrogens with one attached hydrogen (secondary N) is 1. The first kappa shape index (κ1) is 17.7. The smallest absolute Gasteiger partial charge is 0.337 e. The molecule has 0 aliphatic heterocycles. The summed E-state index contributed by atoms with van der Waals surface area (Å²) in [5, 5.41) is 4.03. The Morgan fingerprint density at radius 1 is 1.21 bits per heavy atom. The summed E-state index contributed by atoms with van der Waals surface area (Å²) in [5.41, 5.74) is 0.881. The van der Waals surface area contributed by atoms with Gasteiger partial charge in [-0.3, -0.25) is 9.48 Å². The average Bonchev–Trinajstić information content (AvgIpc) is 2.79. The highest BCUT2D eigenvalue weighted by atomic mass is 32.2. The molecule has 0 aliphatic rings. The number of hydrogen-bond acceptors (Lipinski definition) is 6. The molecule has 0 radical (unpaired) electrons. The van der Waals surface area contributed by atoms with Gasteiger partial charge in [-0.1, -0.05) is 6.07 Å². The lowest BCUT2D eigenvalue weighted by Crippen LogP contribution is -2.31. The SMILES string of the molecule is COC(=O)c1cccc(C(=O)NS(=O)(=O)c2c(C)nn(C)c2C)c1. The fourth-order valence-electron chi connectivity index (χ4n) is 2.28. The molecule has 9 heteroatoms. The van der Waals surface area contributed by atoms with E-state index in [2.05, 4.69) is 9.84 Å². The van der Waals surface area contributed by atoms with Crippen LogP contribution in [0.3, 0.4) is 0 Å². The number of rotatable bonds is 4. The Morgan fingerprint density at radius 2 is 1.83 bits per heavy atom. The maximum Gasteiger partial charge on any atom is 0.337 e. The van der Waals surface area contributed by atoms with Crippen molar-refractivity contribution < 1.29 is 22.7 Å². The zero-order valence-electron chi connectivity index (χ0n) is 13.7. The number of amides is 1. The Hall–Kier alpha value is -2.68. The van der Waals surface area contributed by atoms with E-state index in [1.165, 1.54) is 36.1 Å². The van der Waals surface area contributed by atoms with Crippen LogP contribution in [0.5, 0.6) is 0 Å². The number of ether oxygens (including phenoxy) is 1. The van der Waals surface area contributed by atoms with Crippen molar-refractivity contribution in [1.82, 2.24) is 14.5 Å². The predicted octanol–water partition coefficient (Wildman–Crippen LogP) is 0.942. The van der Waals surface area contributed by atoms with Gasteiger partial charge in [0.25, 0.3) is 15.9 Å². The molecule has 0 unspecified atom stereocenters.